The van der Waals surface area contributed by atoms with Gasteiger partial charge >= 0.3 is 0 Å². The first-order chi connectivity index (χ1) is 9.66. The van der Waals surface area contributed by atoms with Gasteiger partial charge in [-0.2, -0.15) is 0 Å². The maximum absolute atomic E-state index is 12.0. The Morgan fingerprint density at radius 3 is 3.00 bits per heavy atom. The Bertz CT molecular complexity index is 660. The van der Waals surface area contributed by atoms with Crippen LogP contribution in [0.2, 0.25) is 5.02 Å². The maximum Gasteiger partial charge on any atom is 0.164 e. The van der Waals surface area contributed by atoms with E-state index >= 15 is 0 Å². The number of benzene rings is 1. The SMILES string of the molecule is CC(=O)c1c(-c2cccc(Cl)c2)oc2c1CNCCC2. The Labute approximate surface area is 122 Å². The van der Waals surface area contributed by atoms with Gasteiger partial charge in [-0.25, -0.2) is 0 Å². The molecule has 104 valence electrons. The van der Waals surface area contributed by atoms with E-state index in [2.05, 4.69) is 5.32 Å². The van der Waals surface area contributed by atoms with Gasteiger partial charge in [0.1, 0.15) is 11.5 Å². The molecule has 4 heteroatoms. The molecule has 1 N–H and O–H groups in total. The Hall–Kier alpha value is -1.58. The Morgan fingerprint density at radius 1 is 1.40 bits per heavy atom. The first kappa shape index (κ1) is 13.4. The fraction of sp³-hybridized carbons (Fsp3) is 0.312. The summed E-state index contributed by atoms with van der Waals surface area (Å²) in [5, 5.41) is 3.98. The van der Waals surface area contributed by atoms with Crippen LogP contribution >= 0.6 is 11.6 Å². The molecule has 0 unspecified atom stereocenters. The van der Waals surface area contributed by atoms with Crippen molar-refractivity contribution in [2.75, 3.05) is 6.54 Å². The zero-order valence-corrected chi connectivity index (χ0v) is 12.1. The quantitative estimate of drug-likeness (QED) is 0.854. The highest BCUT2D eigenvalue weighted by Gasteiger charge is 2.25. The van der Waals surface area contributed by atoms with Crippen LogP contribution in [0.15, 0.2) is 28.7 Å². The number of halogens is 1. The number of aryl methyl sites for hydroxylation is 1. The van der Waals surface area contributed by atoms with Crippen LogP contribution in [-0.2, 0) is 13.0 Å². The third-order valence-electron chi connectivity index (χ3n) is 3.59. The van der Waals surface area contributed by atoms with E-state index in [0.717, 1.165) is 36.3 Å². The summed E-state index contributed by atoms with van der Waals surface area (Å²) in [7, 11) is 0. The molecule has 0 saturated carbocycles. The fourth-order valence-corrected chi connectivity index (χ4v) is 2.88. The summed E-state index contributed by atoms with van der Waals surface area (Å²) in [6.07, 6.45) is 1.88. The molecular weight excluding hydrogens is 274 g/mol. The van der Waals surface area contributed by atoms with Gasteiger partial charge in [0.25, 0.3) is 0 Å². The second-order valence-electron chi connectivity index (χ2n) is 5.05. The second-order valence-corrected chi connectivity index (χ2v) is 5.49. The average Bonchev–Trinajstić information content (AvgIpc) is 2.63. The number of hydrogen-bond donors (Lipinski definition) is 1. The lowest BCUT2D eigenvalue weighted by atomic mass is 10.0. The number of rotatable bonds is 2. The molecule has 0 spiro atoms. The zero-order chi connectivity index (χ0) is 14.1. The molecule has 0 atom stereocenters. The molecule has 0 bridgehead atoms. The normalized spacial score (nSPS) is 14.7. The smallest absolute Gasteiger partial charge is 0.164 e. The Kier molecular flexibility index (Phi) is 3.64. The van der Waals surface area contributed by atoms with E-state index in [9.17, 15) is 4.79 Å². The summed E-state index contributed by atoms with van der Waals surface area (Å²) < 4.78 is 6.00. The predicted octanol–water partition coefficient (Wildman–Crippen LogP) is 3.84. The van der Waals surface area contributed by atoms with Crippen molar-refractivity contribution in [2.24, 2.45) is 0 Å². The summed E-state index contributed by atoms with van der Waals surface area (Å²) in [4.78, 5) is 12.0. The Balaban J connectivity index is 2.18. The highest BCUT2D eigenvalue weighted by atomic mass is 35.5. The molecular formula is C16H16ClNO2. The third-order valence-corrected chi connectivity index (χ3v) is 3.82. The van der Waals surface area contributed by atoms with Crippen molar-refractivity contribution in [3.8, 4) is 11.3 Å². The summed E-state index contributed by atoms with van der Waals surface area (Å²) in [5.41, 5.74) is 2.55. The van der Waals surface area contributed by atoms with Crippen molar-refractivity contribution >= 4 is 17.4 Å². The van der Waals surface area contributed by atoms with Crippen molar-refractivity contribution in [3.05, 3.63) is 46.2 Å². The molecule has 0 radical (unpaired) electrons. The van der Waals surface area contributed by atoms with E-state index in [-0.39, 0.29) is 5.78 Å². The van der Waals surface area contributed by atoms with E-state index in [1.54, 1.807) is 6.92 Å². The minimum atomic E-state index is 0.0358. The number of hydrogen-bond acceptors (Lipinski definition) is 3. The van der Waals surface area contributed by atoms with Crippen LogP contribution in [0.3, 0.4) is 0 Å². The summed E-state index contributed by atoms with van der Waals surface area (Å²) >= 11 is 6.04. The molecule has 3 nitrogen and oxygen atoms in total. The van der Waals surface area contributed by atoms with Crippen LogP contribution in [0.1, 0.15) is 35.0 Å². The molecule has 0 saturated heterocycles. The minimum absolute atomic E-state index is 0.0358. The van der Waals surface area contributed by atoms with Crippen LogP contribution < -0.4 is 5.32 Å². The molecule has 0 aliphatic carbocycles. The van der Waals surface area contributed by atoms with Crippen molar-refractivity contribution < 1.29 is 9.21 Å². The first-order valence-corrected chi connectivity index (χ1v) is 7.16. The van der Waals surface area contributed by atoms with Crippen LogP contribution in [-0.4, -0.2) is 12.3 Å². The summed E-state index contributed by atoms with van der Waals surface area (Å²) in [5.74, 6) is 1.61. The molecule has 0 amide bonds. The van der Waals surface area contributed by atoms with Gasteiger partial charge in [0, 0.05) is 29.1 Å². The highest BCUT2D eigenvalue weighted by Crippen LogP contribution is 2.34. The van der Waals surface area contributed by atoms with Crippen molar-refractivity contribution in [2.45, 2.75) is 26.3 Å². The van der Waals surface area contributed by atoms with E-state index < -0.39 is 0 Å². The van der Waals surface area contributed by atoms with Crippen molar-refractivity contribution in [1.82, 2.24) is 5.32 Å². The molecule has 0 fully saturated rings. The number of nitrogens with one attached hydrogen (secondary N) is 1. The molecule has 1 aromatic heterocycles. The van der Waals surface area contributed by atoms with Crippen LogP contribution in [0, 0.1) is 0 Å². The molecule has 2 heterocycles. The van der Waals surface area contributed by atoms with Gasteiger partial charge in [0.15, 0.2) is 5.78 Å². The minimum Gasteiger partial charge on any atom is -0.460 e. The first-order valence-electron chi connectivity index (χ1n) is 6.79. The monoisotopic (exact) mass is 289 g/mol. The highest BCUT2D eigenvalue weighted by molar-refractivity contribution is 6.30. The number of Topliss-reactive ketones (excluding diaryl/α,β-unsaturated/α-hetero) is 1. The number of carbonyl (C=O) groups excluding carboxylic acids is 1. The molecule has 2 aromatic rings. The topological polar surface area (TPSA) is 42.2 Å². The molecule has 1 aromatic carbocycles. The van der Waals surface area contributed by atoms with Crippen LogP contribution in [0.25, 0.3) is 11.3 Å². The summed E-state index contributed by atoms with van der Waals surface area (Å²) in [6.45, 7) is 3.23. The maximum atomic E-state index is 12.0. The van der Waals surface area contributed by atoms with Gasteiger partial charge in [-0.05, 0) is 32.0 Å². The number of fused-ring (bicyclic) bond motifs is 1. The number of ketones is 1. The van der Waals surface area contributed by atoms with Gasteiger partial charge < -0.3 is 9.73 Å². The van der Waals surface area contributed by atoms with Gasteiger partial charge in [0.05, 0.1) is 5.56 Å². The average molecular weight is 290 g/mol. The predicted molar refractivity (Wildman–Crippen MR) is 79.2 cm³/mol. The second kappa shape index (κ2) is 5.43. The number of furan rings is 1. The number of carbonyl (C=O) groups is 1. The van der Waals surface area contributed by atoms with Crippen molar-refractivity contribution in [3.63, 3.8) is 0 Å². The zero-order valence-electron chi connectivity index (χ0n) is 11.3. The van der Waals surface area contributed by atoms with Gasteiger partial charge in [-0.1, -0.05) is 23.7 Å². The van der Waals surface area contributed by atoms with E-state index in [0.29, 0.717) is 22.9 Å². The standard InChI is InChI=1S/C16H16ClNO2/c1-10(19)15-13-9-18-7-3-6-14(13)20-16(15)11-4-2-5-12(17)8-11/h2,4-5,8,18H,3,6-7,9H2,1H3. The molecule has 1 aliphatic rings. The lowest BCUT2D eigenvalue weighted by molar-refractivity contribution is 0.101. The van der Waals surface area contributed by atoms with E-state index in [1.165, 1.54) is 0 Å². The van der Waals surface area contributed by atoms with Crippen LogP contribution in [0.4, 0.5) is 0 Å². The van der Waals surface area contributed by atoms with Gasteiger partial charge in [0.2, 0.25) is 0 Å². The largest absolute Gasteiger partial charge is 0.460 e. The van der Waals surface area contributed by atoms with Crippen LogP contribution in [0.5, 0.6) is 0 Å². The molecule has 20 heavy (non-hydrogen) atoms. The molecule has 3 rings (SSSR count). The van der Waals surface area contributed by atoms with E-state index in [1.807, 2.05) is 24.3 Å². The van der Waals surface area contributed by atoms with E-state index in [4.69, 9.17) is 16.0 Å². The van der Waals surface area contributed by atoms with Gasteiger partial charge in [-0.3, -0.25) is 4.79 Å². The summed E-state index contributed by atoms with van der Waals surface area (Å²) in [6, 6.07) is 7.44. The fourth-order valence-electron chi connectivity index (χ4n) is 2.69. The van der Waals surface area contributed by atoms with Gasteiger partial charge in [-0.15, -0.1) is 0 Å². The molecule has 1 aliphatic heterocycles. The third kappa shape index (κ3) is 2.39. The lowest BCUT2D eigenvalue weighted by Crippen LogP contribution is -2.13. The Morgan fingerprint density at radius 2 is 2.25 bits per heavy atom. The van der Waals surface area contributed by atoms with Crippen molar-refractivity contribution in [1.29, 1.82) is 0 Å². The lowest BCUT2D eigenvalue weighted by Gasteiger charge is -2.03.